The van der Waals surface area contributed by atoms with E-state index < -0.39 is 0 Å². The van der Waals surface area contributed by atoms with Crippen molar-refractivity contribution in [1.82, 2.24) is 9.97 Å². The lowest BCUT2D eigenvalue weighted by molar-refractivity contribution is -0.116. The predicted molar refractivity (Wildman–Crippen MR) is 56.3 cm³/mol. The van der Waals surface area contributed by atoms with E-state index >= 15 is 0 Å². The van der Waals surface area contributed by atoms with E-state index in [9.17, 15) is 4.79 Å². The molecule has 0 saturated heterocycles. The topological polar surface area (TPSA) is 45.8 Å². The molecule has 0 atom stereocenters. The summed E-state index contributed by atoms with van der Waals surface area (Å²) in [5.41, 5.74) is 2.19. The summed E-state index contributed by atoms with van der Waals surface area (Å²) < 4.78 is 0. The van der Waals surface area contributed by atoms with Gasteiger partial charge in [-0.1, -0.05) is 13.8 Å². The Kier molecular flexibility index (Phi) is 3.44. The number of aryl methyl sites for hydroxylation is 1. The summed E-state index contributed by atoms with van der Waals surface area (Å²) in [7, 11) is 0. The Morgan fingerprint density at radius 2 is 2.14 bits per heavy atom. The van der Waals surface area contributed by atoms with Crippen LogP contribution in [0.25, 0.3) is 0 Å². The first-order chi connectivity index (χ1) is 6.49. The molecule has 14 heavy (non-hydrogen) atoms. The van der Waals surface area contributed by atoms with Crippen LogP contribution in [0.15, 0.2) is 0 Å². The molecule has 1 N–H and O–H groups in total. The number of hydrogen-bond donors (Lipinski definition) is 1. The average Bonchev–Trinajstić information content (AvgIpc) is 2.28. The van der Waals surface area contributed by atoms with Gasteiger partial charge in [0.1, 0.15) is 11.6 Å². The molecule has 0 spiro atoms. The van der Waals surface area contributed by atoms with E-state index in [1.807, 2.05) is 6.92 Å². The third-order valence-electron chi connectivity index (χ3n) is 2.05. The summed E-state index contributed by atoms with van der Waals surface area (Å²) in [5, 5.41) is 0. The van der Waals surface area contributed by atoms with Gasteiger partial charge in [0, 0.05) is 5.69 Å². The number of aromatic amines is 1. The van der Waals surface area contributed by atoms with Gasteiger partial charge in [0.05, 0.1) is 12.1 Å². The molecular formula is C11H18N2O. The second-order valence-corrected chi connectivity index (χ2v) is 4.23. The maximum atomic E-state index is 10.9. The largest absolute Gasteiger partial charge is 0.345 e. The highest BCUT2D eigenvalue weighted by Gasteiger charge is 2.09. The van der Waals surface area contributed by atoms with Gasteiger partial charge < -0.3 is 4.98 Å². The number of imidazole rings is 1. The van der Waals surface area contributed by atoms with Crippen LogP contribution in [0.3, 0.4) is 0 Å². The smallest absolute Gasteiger partial charge is 0.137 e. The molecule has 0 radical (unpaired) electrons. The number of ketones is 1. The minimum Gasteiger partial charge on any atom is -0.345 e. The molecule has 0 aromatic carbocycles. The average molecular weight is 194 g/mol. The summed E-state index contributed by atoms with van der Waals surface area (Å²) in [5.74, 6) is 1.54. The molecule has 1 aromatic heterocycles. The number of carbonyl (C=O) groups excluding carboxylic acids is 1. The van der Waals surface area contributed by atoms with E-state index in [0.717, 1.165) is 23.6 Å². The molecule has 78 valence electrons. The lowest BCUT2D eigenvalue weighted by Crippen LogP contribution is -1.99. The van der Waals surface area contributed by atoms with Gasteiger partial charge in [-0.15, -0.1) is 0 Å². The van der Waals surface area contributed by atoms with Crippen molar-refractivity contribution in [1.29, 1.82) is 0 Å². The molecule has 0 bridgehead atoms. The zero-order valence-corrected chi connectivity index (χ0v) is 9.35. The normalized spacial score (nSPS) is 10.9. The zero-order valence-electron chi connectivity index (χ0n) is 9.35. The van der Waals surface area contributed by atoms with Gasteiger partial charge >= 0.3 is 0 Å². The first-order valence-electron chi connectivity index (χ1n) is 5.02. The molecule has 0 unspecified atom stereocenters. The summed E-state index contributed by atoms with van der Waals surface area (Å²) in [6, 6.07) is 0. The van der Waals surface area contributed by atoms with E-state index in [1.165, 1.54) is 0 Å². The van der Waals surface area contributed by atoms with Gasteiger partial charge in [-0.05, 0) is 26.2 Å². The van der Waals surface area contributed by atoms with Crippen molar-refractivity contribution in [3.05, 3.63) is 17.2 Å². The molecule has 3 heteroatoms. The molecule has 0 amide bonds. The van der Waals surface area contributed by atoms with E-state index in [-0.39, 0.29) is 5.78 Å². The van der Waals surface area contributed by atoms with Gasteiger partial charge in [-0.25, -0.2) is 4.98 Å². The Balaban J connectivity index is 2.76. The maximum Gasteiger partial charge on any atom is 0.137 e. The second-order valence-electron chi connectivity index (χ2n) is 4.23. The van der Waals surface area contributed by atoms with Crippen LogP contribution >= 0.6 is 0 Å². The van der Waals surface area contributed by atoms with Gasteiger partial charge in [0.25, 0.3) is 0 Å². The number of carbonyl (C=O) groups is 1. The molecule has 0 saturated carbocycles. The van der Waals surface area contributed by atoms with Gasteiger partial charge in [0.15, 0.2) is 0 Å². The molecule has 1 aromatic rings. The van der Waals surface area contributed by atoms with Crippen LogP contribution in [0, 0.1) is 12.8 Å². The first kappa shape index (κ1) is 11.0. The van der Waals surface area contributed by atoms with Crippen LogP contribution in [0.4, 0.5) is 0 Å². The SMILES string of the molecule is CC(=O)Cc1nc(CC(C)C)c(C)[nH]1. The number of Topliss-reactive ketones (excluding diaryl/α,β-unsaturated/α-hetero) is 1. The number of H-pyrrole nitrogens is 1. The van der Waals surface area contributed by atoms with Crippen LogP contribution in [-0.2, 0) is 17.6 Å². The number of nitrogens with zero attached hydrogens (tertiary/aromatic N) is 1. The summed E-state index contributed by atoms with van der Waals surface area (Å²) in [6.07, 6.45) is 1.39. The van der Waals surface area contributed by atoms with Crippen LogP contribution in [-0.4, -0.2) is 15.8 Å². The highest BCUT2D eigenvalue weighted by atomic mass is 16.1. The lowest BCUT2D eigenvalue weighted by atomic mass is 10.1. The Labute approximate surface area is 84.9 Å². The lowest BCUT2D eigenvalue weighted by Gasteiger charge is -2.00. The Bertz CT molecular complexity index is 326. The molecule has 0 aliphatic heterocycles. The third kappa shape index (κ3) is 2.98. The number of rotatable bonds is 4. The molecule has 0 aliphatic carbocycles. The van der Waals surface area contributed by atoms with Gasteiger partial charge in [-0.2, -0.15) is 0 Å². The molecule has 0 aliphatic rings. The molecular weight excluding hydrogens is 176 g/mol. The fraction of sp³-hybridized carbons (Fsp3) is 0.636. The molecule has 0 fully saturated rings. The highest BCUT2D eigenvalue weighted by molar-refractivity contribution is 5.77. The van der Waals surface area contributed by atoms with Crippen LogP contribution in [0.2, 0.25) is 0 Å². The van der Waals surface area contributed by atoms with Crippen molar-refractivity contribution in [3.63, 3.8) is 0 Å². The first-order valence-corrected chi connectivity index (χ1v) is 5.02. The van der Waals surface area contributed by atoms with Crippen molar-refractivity contribution in [2.24, 2.45) is 5.92 Å². The Morgan fingerprint density at radius 1 is 1.50 bits per heavy atom. The molecule has 1 heterocycles. The predicted octanol–water partition coefficient (Wildman–Crippen LogP) is 2.05. The van der Waals surface area contributed by atoms with Crippen molar-refractivity contribution >= 4 is 5.78 Å². The Hall–Kier alpha value is -1.12. The van der Waals surface area contributed by atoms with Crippen LogP contribution in [0.5, 0.6) is 0 Å². The molecule has 1 rings (SSSR count). The second kappa shape index (κ2) is 4.40. The maximum absolute atomic E-state index is 10.9. The summed E-state index contributed by atoms with van der Waals surface area (Å²) >= 11 is 0. The van der Waals surface area contributed by atoms with Crippen molar-refractivity contribution in [2.75, 3.05) is 0 Å². The monoisotopic (exact) mass is 194 g/mol. The Morgan fingerprint density at radius 3 is 2.64 bits per heavy atom. The van der Waals surface area contributed by atoms with E-state index in [1.54, 1.807) is 6.92 Å². The minimum absolute atomic E-state index is 0.148. The van der Waals surface area contributed by atoms with E-state index in [2.05, 4.69) is 23.8 Å². The van der Waals surface area contributed by atoms with Gasteiger partial charge in [-0.3, -0.25) is 4.79 Å². The zero-order chi connectivity index (χ0) is 10.7. The summed E-state index contributed by atoms with van der Waals surface area (Å²) in [6.45, 7) is 7.92. The minimum atomic E-state index is 0.148. The van der Waals surface area contributed by atoms with E-state index in [0.29, 0.717) is 12.3 Å². The van der Waals surface area contributed by atoms with Crippen molar-refractivity contribution in [2.45, 2.75) is 40.5 Å². The quantitative estimate of drug-likeness (QED) is 0.797. The highest BCUT2D eigenvalue weighted by Crippen LogP contribution is 2.11. The molecule has 3 nitrogen and oxygen atoms in total. The van der Waals surface area contributed by atoms with Crippen LogP contribution in [0.1, 0.15) is 38.0 Å². The fourth-order valence-electron chi connectivity index (χ4n) is 1.47. The van der Waals surface area contributed by atoms with Crippen molar-refractivity contribution in [3.8, 4) is 0 Å². The summed E-state index contributed by atoms with van der Waals surface area (Å²) in [4.78, 5) is 18.5. The van der Waals surface area contributed by atoms with Crippen molar-refractivity contribution < 1.29 is 4.79 Å². The number of nitrogens with one attached hydrogen (secondary N) is 1. The van der Waals surface area contributed by atoms with Gasteiger partial charge in [0.2, 0.25) is 0 Å². The third-order valence-corrected chi connectivity index (χ3v) is 2.05. The van der Waals surface area contributed by atoms with E-state index in [4.69, 9.17) is 0 Å². The number of hydrogen-bond acceptors (Lipinski definition) is 2. The van der Waals surface area contributed by atoms with Crippen LogP contribution < -0.4 is 0 Å². The standard InChI is InChI=1S/C11H18N2O/c1-7(2)5-10-9(4)12-11(13-10)6-8(3)14/h7H,5-6H2,1-4H3,(H,12,13). The fourth-order valence-corrected chi connectivity index (χ4v) is 1.47. The number of aromatic nitrogens is 2.